The molecule has 0 bridgehead atoms. The first-order chi connectivity index (χ1) is 16.2. The number of rotatable bonds is 6. The van der Waals surface area contributed by atoms with Gasteiger partial charge in [0.1, 0.15) is 5.69 Å². The van der Waals surface area contributed by atoms with E-state index >= 15 is 0 Å². The fraction of sp³-hybridized carbons (Fsp3) is 0.0385. The Kier molecular flexibility index (Phi) is 5.87. The van der Waals surface area contributed by atoms with Crippen LogP contribution in [0.2, 0.25) is 0 Å². The maximum absolute atomic E-state index is 13.3. The average molecular weight is 498 g/mol. The summed E-state index contributed by atoms with van der Waals surface area (Å²) < 4.78 is 4.50. The van der Waals surface area contributed by atoms with E-state index < -0.39 is 0 Å². The fourth-order valence-corrected chi connectivity index (χ4v) is 3.95. The molecular formula is C26H20BrN5O. The van der Waals surface area contributed by atoms with Crippen molar-refractivity contribution in [3.05, 3.63) is 119 Å². The molecule has 0 unspecified atom stereocenters. The van der Waals surface area contributed by atoms with Crippen molar-refractivity contribution in [3.8, 4) is 16.9 Å². The molecule has 33 heavy (non-hydrogen) atoms. The topological polar surface area (TPSA) is 64.7 Å². The van der Waals surface area contributed by atoms with E-state index in [-0.39, 0.29) is 5.91 Å². The van der Waals surface area contributed by atoms with Crippen molar-refractivity contribution < 1.29 is 4.79 Å². The molecule has 0 saturated carbocycles. The maximum atomic E-state index is 13.3. The van der Waals surface area contributed by atoms with E-state index in [1.54, 1.807) is 17.1 Å². The second kappa shape index (κ2) is 9.26. The average Bonchev–Trinajstić information content (AvgIpc) is 3.47. The number of nitrogens with zero attached hydrogens (tertiary/aromatic N) is 4. The van der Waals surface area contributed by atoms with E-state index in [1.165, 1.54) is 0 Å². The summed E-state index contributed by atoms with van der Waals surface area (Å²) in [7, 11) is 0. The highest BCUT2D eigenvalue weighted by atomic mass is 79.9. The summed E-state index contributed by atoms with van der Waals surface area (Å²) in [4.78, 5) is 13.3. The number of halogens is 1. The zero-order chi connectivity index (χ0) is 22.6. The van der Waals surface area contributed by atoms with Crippen molar-refractivity contribution in [1.29, 1.82) is 0 Å². The summed E-state index contributed by atoms with van der Waals surface area (Å²) in [6.07, 6.45) is 5.44. The van der Waals surface area contributed by atoms with Gasteiger partial charge >= 0.3 is 0 Å². The molecule has 5 aromatic rings. The van der Waals surface area contributed by atoms with Crippen LogP contribution in [0.3, 0.4) is 0 Å². The number of aromatic nitrogens is 4. The van der Waals surface area contributed by atoms with E-state index in [4.69, 9.17) is 5.10 Å². The Morgan fingerprint density at radius 1 is 0.909 bits per heavy atom. The number of hydrogen-bond donors (Lipinski definition) is 1. The molecule has 0 saturated heterocycles. The monoisotopic (exact) mass is 497 g/mol. The third-order valence-corrected chi connectivity index (χ3v) is 5.57. The molecule has 2 heterocycles. The highest BCUT2D eigenvalue weighted by Gasteiger charge is 2.19. The molecule has 6 nitrogen and oxygen atoms in total. The minimum atomic E-state index is -0.213. The largest absolute Gasteiger partial charge is 0.322 e. The molecule has 0 fully saturated rings. The number of amides is 1. The molecule has 7 heteroatoms. The minimum absolute atomic E-state index is 0.213. The lowest BCUT2D eigenvalue weighted by Gasteiger charge is -2.08. The van der Waals surface area contributed by atoms with E-state index in [0.717, 1.165) is 27.0 Å². The van der Waals surface area contributed by atoms with Crippen LogP contribution in [0.15, 0.2) is 108 Å². The predicted molar refractivity (Wildman–Crippen MR) is 132 cm³/mol. The molecule has 1 amide bonds. The van der Waals surface area contributed by atoms with Crippen LogP contribution in [0.25, 0.3) is 16.9 Å². The van der Waals surface area contributed by atoms with Gasteiger partial charge in [0.05, 0.1) is 28.5 Å². The lowest BCUT2D eigenvalue weighted by atomic mass is 10.1. The van der Waals surface area contributed by atoms with Gasteiger partial charge in [-0.25, -0.2) is 4.68 Å². The quantitative estimate of drug-likeness (QED) is 0.322. The zero-order valence-electron chi connectivity index (χ0n) is 17.6. The summed E-state index contributed by atoms with van der Waals surface area (Å²) in [6, 6.07) is 27.3. The zero-order valence-corrected chi connectivity index (χ0v) is 19.2. The third-order valence-electron chi connectivity index (χ3n) is 5.16. The highest BCUT2D eigenvalue weighted by molar-refractivity contribution is 9.10. The van der Waals surface area contributed by atoms with Crippen LogP contribution in [0, 0.1) is 0 Å². The van der Waals surface area contributed by atoms with Gasteiger partial charge in [0.2, 0.25) is 0 Å². The Balaban J connectivity index is 1.44. The van der Waals surface area contributed by atoms with Crippen LogP contribution in [0.5, 0.6) is 0 Å². The predicted octanol–water partition coefficient (Wildman–Crippen LogP) is 5.80. The Morgan fingerprint density at radius 2 is 1.67 bits per heavy atom. The van der Waals surface area contributed by atoms with Crippen molar-refractivity contribution in [2.45, 2.75) is 6.54 Å². The third kappa shape index (κ3) is 4.78. The van der Waals surface area contributed by atoms with E-state index in [9.17, 15) is 4.79 Å². The van der Waals surface area contributed by atoms with Crippen molar-refractivity contribution in [2.24, 2.45) is 0 Å². The first-order valence-corrected chi connectivity index (χ1v) is 11.2. The molecule has 2 aromatic heterocycles. The Morgan fingerprint density at radius 3 is 2.39 bits per heavy atom. The lowest BCUT2D eigenvalue weighted by molar-refractivity contribution is 0.102. The Hall–Kier alpha value is -3.97. The van der Waals surface area contributed by atoms with Gasteiger partial charge in [0.15, 0.2) is 0 Å². The molecule has 3 aromatic carbocycles. The standard InChI is InChI=1S/C26H20BrN5O/c27-21-15-28-31(17-21)16-19-8-7-11-22(14-19)29-26(33)24-18-32(23-12-5-2-6-13-23)30-25(24)20-9-3-1-4-10-20/h1-15,17-18H,16H2,(H,29,33). The van der Waals surface area contributed by atoms with E-state index in [1.807, 2.05) is 95.8 Å². The number of para-hydroxylation sites is 1. The molecule has 0 radical (unpaired) electrons. The van der Waals surface area contributed by atoms with Gasteiger partial charge in [-0.3, -0.25) is 9.48 Å². The number of carbonyl (C=O) groups is 1. The van der Waals surface area contributed by atoms with Gasteiger partial charge in [-0.2, -0.15) is 10.2 Å². The minimum Gasteiger partial charge on any atom is -0.322 e. The van der Waals surface area contributed by atoms with Crippen molar-refractivity contribution in [2.75, 3.05) is 5.32 Å². The smallest absolute Gasteiger partial charge is 0.259 e. The molecule has 0 atom stereocenters. The van der Waals surface area contributed by atoms with E-state index in [0.29, 0.717) is 17.8 Å². The van der Waals surface area contributed by atoms with Gasteiger partial charge in [-0.15, -0.1) is 0 Å². The summed E-state index contributed by atoms with van der Waals surface area (Å²) in [5, 5.41) is 12.1. The molecular weight excluding hydrogens is 478 g/mol. The van der Waals surface area contributed by atoms with Crippen LogP contribution < -0.4 is 5.32 Å². The number of anilines is 1. The van der Waals surface area contributed by atoms with Crippen molar-refractivity contribution in [3.63, 3.8) is 0 Å². The van der Waals surface area contributed by atoms with Crippen LogP contribution in [0.1, 0.15) is 15.9 Å². The van der Waals surface area contributed by atoms with Crippen molar-refractivity contribution in [1.82, 2.24) is 19.6 Å². The highest BCUT2D eigenvalue weighted by Crippen LogP contribution is 2.25. The second-order valence-corrected chi connectivity index (χ2v) is 8.46. The molecule has 0 aliphatic carbocycles. The number of hydrogen-bond acceptors (Lipinski definition) is 3. The molecule has 1 N–H and O–H groups in total. The van der Waals surface area contributed by atoms with Crippen LogP contribution in [-0.2, 0) is 6.54 Å². The Labute approximate surface area is 199 Å². The number of benzene rings is 3. The molecule has 162 valence electrons. The van der Waals surface area contributed by atoms with Gasteiger partial charge in [0.25, 0.3) is 5.91 Å². The van der Waals surface area contributed by atoms with Crippen LogP contribution in [-0.4, -0.2) is 25.5 Å². The van der Waals surface area contributed by atoms with Gasteiger partial charge in [-0.1, -0.05) is 60.7 Å². The fourth-order valence-electron chi connectivity index (χ4n) is 3.62. The number of carbonyl (C=O) groups excluding carboxylic acids is 1. The lowest BCUT2D eigenvalue weighted by Crippen LogP contribution is -2.12. The molecule has 0 aliphatic rings. The van der Waals surface area contributed by atoms with Crippen molar-refractivity contribution >= 4 is 27.5 Å². The first-order valence-electron chi connectivity index (χ1n) is 10.4. The van der Waals surface area contributed by atoms with Gasteiger partial charge in [0, 0.05) is 23.6 Å². The molecule has 5 rings (SSSR count). The van der Waals surface area contributed by atoms with E-state index in [2.05, 4.69) is 26.3 Å². The van der Waals surface area contributed by atoms with Crippen LogP contribution >= 0.6 is 15.9 Å². The summed E-state index contributed by atoms with van der Waals surface area (Å²) >= 11 is 3.42. The van der Waals surface area contributed by atoms with Gasteiger partial charge < -0.3 is 5.32 Å². The summed E-state index contributed by atoms with van der Waals surface area (Å²) in [5.74, 6) is -0.213. The SMILES string of the molecule is O=C(Nc1cccc(Cn2cc(Br)cn2)c1)c1cn(-c2ccccc2)nc1-c1ccccc1. The maximum Gasteiger partial charge on any atom is 0.259 e. The van der Waals surface area contributed by atoms with Gasteiger partial charge in [-0.05, 0) is 45.8 Å². The van der Waals surface area contributed by atoms with Crippen LogP contribution in [0.4, 0.5) is 5.69 Å². The number of nitrogens with one attached hydrogen (secondary N) is 1. The molecule has 0 aliphatic heterocycles. The first kappa shape index (κ1) is 20.9. The Bertz CT molecular complexity index is 1390. The summed E-state index contributed by atoms with van der Waals surface area (Å²) in [5.41, 5.74) is 4.67. The normalized spacial score (nSPS) is 10.8. The molecule has 0 spiro atoms. The second-order valence-electron chi connectivity index (χ2n) is 7.55. The summed E-state index contributed by atoms with van der Waals surface area (Å²) in [6.45, 7) is 0.608.